The van der Waals surface area contributed by atoms with Gasteiger partial charge in [-0.2, -0.15) is 11.4 Å². The summed E-state index contributed by atoms with van der Waals surface area (Å²) >= 11 is 0. The average molecular weight is 666 g/mol. The van der Waals surface area contributed by atoms with Crippen molar-refractivity contribution in [2.75, 3.05) is 11.5 Å². The van der Waals surface area contributed by atoms with Gasteiger partial charge in [0.25, 0.3) is 0 Å². The van der Waals surface area contributed by atoms with E-state index in [9.17, 15) is 19.8 Å². The van der Waals surface area contributed by atoms with E-state index >= 15 is 0 Å². The van der Waals surface area contributed by atoms with Gasteiger partial charge in [-0.1, -0.05) is 65.8 Å². The fourth-order valence-corrected chi connectivity index (χ4v) is 2.49. The predicted molar refractivity (Wildman–Crippen MR) is 181 cm³/mol. The number of aryl methyl sites for hydroxylation is 6. The minimum Gasteiger partial charge on any atom is -0.700 e. The topological polar surface area (TPSA) is 228 Å². The number of carbonyl (C=O) groups is 2. The number of anilines is 2. The molecule has 0 aromatic heterocycles. The van der Waals surface area contributed by atoms with E-state index in [2.05, 4.69) is 0 Å². The van der Waals surface area contributed by atoms with Crippen molar-refractivity contribution in [3.63, 3.8) is 0 Å². The third kappa shape index (κ3) is 18.3. The number of aliphatic carboxylic acids is 2. The summed E-state index contributed by atoms with van der Waals surface area (Å²) < 4.78 is 0. The Kier molecular flexibility index (Phi) is 19.5. The maximum Gasteiger partial charge on any atom is 2.00 e. The Labute approximate surface area is 279 Å². The summed E-state index contributed by atoms with van der Waals surface area (Å²) in [4.78, 5) is 19.8. The normalized spacial score (nSPS) is 10.0. The first-order chi connectivity index (χ1) is 19.7. The smallest absolute Gasteiger partial charge is 0.700 e. The molecule has 0 amide bonds. The molecule has 10 nitrogen and oxygen atoms in total. The minimum absolute atomic E-state index is 0. The SMILES string of the molecule is CC(C)(C)C(=O)[O-].CC(C)(C)C(=O)[O-].Cc1cc([NH-])c(N)cc1C.Cc1cc([NH-])c(N)cc1C.Cc1cc([NH-])c([NH-])cc1C.[Ni+2]. The Morgan fingerprint density at radius 3 is 0.800 bits per heavy atom. The van der Waals surface area contributed by atoms with E-state index in [1.54, 1.807) is 65.8 Å². The third-order valence-electron chi connectivity index (χ3n) is 6.19. The Morgan fingerprint density at radius 1 is 0.489 bits per heavy atom. The number of nitrogen functional groups attached to an aromatic ring is 2. The fraction of sp³-hybridized carbons (Fsp3) is 0.412. The zero-order chi connectivity index (χ0) is 35.3. The summed E-state index contributed by atoms with van der Waals surface area (Å²) in [6.07, 6.45) is 0. The minimum atomic E-state index is -1.01. The number of benzene rings is 3. The van der Waals surface area contributed by atoms with Gasteiger partial charge in [0.2, 0.25) is 0 Å². The van der Waals surface area contributed by atoms with Crippen LogP contribution < -0.4 is 21.7 Å². The van der Waals surface area contributed by atoms with Gasteiger partial charge >= 0.3 is 16.5 Å². The molecule has 254 valence electrons. The van der Waals surface area contributed by atoms with E-state index in [4.69, 9.17) is 34.4 Å². The summed E-state index contributed by atoms with van der Waals surface area (Å²) in [5, 5.41) is 19.8. The molecule has 0 saturated carbocycles. The number of carbonyl (C=O) groups excluding carboxylic acids is 2. The maximum atomic E-state index is 9.91. The summed E-state index contributed by atoms with van der Waals surface area (Å²) in [7, 11) is 0. The monoisotopic (exact) mass is 664 g/mol. The molecule has 0 aliphatic rings. The molecule has 0 saturated heterocycles. The largest absolute Gasteiger partial charge is 2.00 e. The van der Waals surface area contributed by atoms with Gasteiger partial charge in [-0.15, -0.1) is 11.4 Å². The molecule has 3 rings (SSSR count). The van der Waals surface area contributed by atoms with Crippen molar-refractivity contribution in [3.05, 3.63) is 92.7 Å². The number of carboxylic acids is 2. The summed E-state index contributed by atoms with van der Waals surface area (Å²) in [5.74, 6) is -2.01. The first-order valence-corrected chi connectivity index (χ1v) is 13.9. The van der Waals surface area contributed by atoms with Gasteiger partial charge in [-0.05, 0) is 87.1 Å². The molecule has 45 heavy (non-hydrogen) atoms. The van der Waals surface area contributed by atoms with Crippen LogP contribution in [0, 0.1) is 52.4 Å². The Bertz CT molecular complexity index is 1100. The molecule has 3 aromatic carbocycles. The molecule has 0 aliphatic heterocycles. The van der Waals surface area contributed by atoms with Crippen molar-refractivity contribution in [2.45, 2.75) is 83.1 Å². The molecule has 0 heterocycles. The molecule has 3 aromatic rings. The zero-order valence-corrected chi connectivity index (χ0v) is 29.6. The summed E-state index contributed by atoms with van der Waals surface area (Å²) in [5.41, 5.74) is 48.1. The van der Waals surface area contributed by atoms with E-state index in [1.165, 1.54) is 0 Å². The van der Waals surface area contributed by atoms with Crippen molar-refractivity contribution in [1.82, 2.24) is 0 Å². The summed E-state index contributed by atoms with van der Waals surface area (Å²) in [6, 6.07) is 10.7. The van der Waals surface area contributed by atoms with Crippen LogP contribution in [0.15, 0.2) is 36.4 Å². The van der Waals surface area contributed by atoms with Crippen LogP contribution in [-0.4, -0.2) is 11.9 Å². The van der Waals surface area contributed by atoms with Crippen molar-refractivity contribution in [2.24, 2.45) is 10.8 Å². The van der Waals surface area contributed by atoms with E-state index in [0.717, 1.165) is 33.4 Å². The number of hydrogen-bond donors (Lipinski definition) is 2. The Morgan fingerprint density at radius 2 is 0.644 bits per heavy atom. The van der Waals surface area contributed by atoms with Crippen LogP contribution in [0.1, 0.15) is 74.9 Å². The molecule has 0 radical (unpaired) electrons. The first kappa shape index (κ1) is 45.3. The predicted octanol–water partition coefficient (Wildman–Crippen LogP) is 8.37. The second-order valence-electron chi connectivity index (χ2n) is 12.6. The number of hydrogen-bond acceptors (Lipinski definition) is 6. The van der Waals surface area contributed by atoms with Crippen LogP contribution in [0.5, 0.6) is 0 Å². The Hall–Kier alpha value is -4.11. The molecule has 0 fully saturated rings. The first-order valence-electron chi connectivity index (χ1n) is 13.9. The zero-order valence-electron chi connectivity index (χ0n) is 28.6. The molecular weight excluding hydrogens is 615 g/mol. The number of nitrogens with two attached hydrogens (primary N) is 2. The third-order valence-corrected chi connectivity index (χ3v) is 6.19. The van der Waals surface area contributed by atoms with Crippen LogP contribution in [0.25, 0.3) is 22.9 Å². The van der Waals surface area contributed by atoms with Crippen LogP contribution in [0.4, 0.5) is 34.1 Å². The molecule has 0 unspecified atom stereocenters. The van der Waals surface area contributed by atoms with Gasteiger partial charge in [0.05, 0.1) is 0 Å². The van der Waals surface area contributed by atoms with Gasteiger partial charge < -0.3 is 54.2 Å². The molecule has 0 aliphatic carbocycles. The second kappa shape index (κ2) is 19.3. The van der Waals surface area contributed by atoms with Crippen molar-refractivity contribution in [1.29, 1.82) is 0 Å². The van der Waals surface area contributed by atoms with Gasteiger partial charge in [0.1, 0.15) is 0 Å². The molecule has 0 atom stereocenters. The molecular formula is C34H50N6NiO4-4. The Balaban J connectivity index is -0.000000493. The van der Waals surface area contributed by atoms with Crippen LogP contribution >= 0.6 is 0 Å². The van der Waals surface area contributed by atoms with Gasteiger partial charge in [-0.25, -0.2) is 0 Å². The van der Waals surface area contributed by atoms with Crippen LogP contribution in [-0.2, 0) is 26.1 Å². The maximum absolute atomic E-state index is 9.91. The van der Waals surface area contributed by atoms with Crippen LogP contribution in [0.2, 0.25) is 0 Å². The molecule has 0 bridgehead atoms. The summed E-state index contributed by atoms with van der Waals surface area (Å²) in [6.45, 7) is 21.4. The van der Waals surface area contributed by atoms with E-state index in [-0.39, 0.29) is 16.5 Å². The average Bonchev–Trinajstić information content (AvgIpc) is 2.86. The van der Waals surface area contributed by atoms with E-state index in [1.807, 2.05) is 53.7 Å². The number of rotatable bonds is 0. The van der Waals surface area contributed by atoms with Gasteiger partial charge in [0.15, 0.2) is 0 Å². The molecule has 8 N–H and O–H groups in total. The van der Waals surface area contributed by atoms with E-state index in [0.29, 0.717) is 34.1 Å². The van der Waals surface area contributed by atoms with E-state index < -0.39 is 22.8 Å². The van der Waals surface area contributed by atoms with Crippen LogP contribution in [0.3, 0.4) is 0 Å². The quantitative estimate of drug-likeness (QED) is 0.177. The standard InChI is InChI=1S/2C8H11N2.C8H10N2.2C5H10O2.Ni/c3*1-5-3-7(9)8(10)4-6(5)2;2*1-5(2,3)4(6)7;/h2*3-4,9H,10H2,1-2H3;3-4,9-10H,1-2H3;2*1-3H3,(H,6,7);/q2*-1;-2;;;+2/p-2. The van der Waals surface area contributed by atoms with Gasteiger partial charge in [-0.3, -0.25) is 0 Å². The molecule has 0 spiro atoms. The second-order valence-corrected chi connectivity index (χ2v) is 12.6. The van der Waals surface area contributed by atoms with Crippen molar-refractivity contribution < 1.29 is 36.3 Å². The number of nitrogens with one attached hydrogen (secondary N) is 4. The van der Waals surface area contributed by atoms with Crippen molar-refractivity contribution in [3.8, 4) is 0 Å². The van der Waals surface area contributed by atoms with Crippen molar-refractivity contribution >= 4 is 46.1 Å². The number of carboxylic acid groups (broad SMARTS) is 2. The fourth-order valence-electron chi connectivity index (χ4n) is 2.49. The molecule has 11 heteroatoms. The van der Waals surface area contributed by atoms with Gasteiger partial charge in [0, 0.05) is 34.1 Å².